The van der Waals surface area contributed by atoms with Crippen LogP contribution >= 0.6 is 11.6 Å². The molecule has 0 saturated carbocycles. The number of aryl methyl sites for hydroxylation is 2. The van der Waals surface area contributed by atoms with Crippen molar-refractivity contribution in [2.45, 2.75) is 33.8 Å². The fourth-order valence-corrected chi connectivity index (χ4v) is 2.37. The smallest absolute Gasteiger partial charge is 0.265 e. The molecule has 1 amide bonds. The molecule has 1 N–H and O–H groups in total. The highest BCUT2D eigenvalue weighted by molar-refractivity contribution is 6.30. The van der Waals surface area contributed by atoms with Crippen LogP contribution in [0.3, 0.4) is 0 Å². The Kier molecular flexibility index (Phi) is 5.09. The van der Waals surface area contributed by atoms with E-state index in [9.17, 15) is 4.79 Å². The van der Waals surface area contributed by atoms with Crippen LogP contribution in [0.4, 0.5) is 5.69 Å². The minimum Gasteiger partial charge on any atom is -0.481 e. The molecule has 0 aliphatic heterocycles. The van der Waals surface area contributed by atoms with Gasteiger partial charge < -0.3 is 10.1 Å². The van der Waals surface area contributed by atoms with Gasteiger partial charge in [-0.05, 0) is 68.7 Å². The molecule has 0 aliphatic rings. The van der Waals surface area contributed by atoms with Crippen LogP contribution in [0.15, 0.2) is 36.4 Å². The quantitative estimate of drug-likeness (QED) is 0.889. The molecule has 4 heteroatoms. The standard InChI is InChI=1S/C18H20ClNO2/c1-11-8-12(2)13(3)17(9-11)22-14(4)18(21)20-16-7-5-6-15(19)10-16/h5-10,14H,1-4H3,(H,20,21)/t14-/m1/s1. The summed E-state index contributed by atoms with van der Waals surface area (Å²) in [4.78, 5) is 12.2. The second-order valence-corrected chi connectivity index (χ2v) is 5.90. The monoisotopic (exact) mass is 317 g/mol. The first-order valence-corrected chi connectivity index (χ1v) is 7.55. The van der Waals surface area contributed by atoms with Crippen LogP contribution in [-0.2, 0) is 4.79 Å². The van der Waals surface area contributed by atoms with E-state index in [-0.39, 0.29) is 5.91 Å². The molecule has 0 spiro atoms. The van der Waals surface area contributed by atoms with Gasteiger partial charge in [-0.2, -0.15) is 0 Å². The topological polar surface area (TPSA) is 38.3 Å². The highest BCUT2D eigenvalue weighted by atomic mass is 35.5. The van der Waals surface area contributed by atoms with Crippen LogP contribution in [0.2, 0.25) is 5.02 Å². The van der Waals surface area contributed by atoms with Gasteiger partial charge in [0.25, 0.3) is 5.91 Å². The van der Waals surface area contributed by atoms with E-state index in [1.807, 2.05) is 26.8 Å². The minimum absolute atomic E-state index is 0.208. The second kappa shape index (κ2) is 6.84. The lowest BCUT2D eigenvalue weighted by atomic mass is 10.1. The van der Waals surface area contributed by atoms with Crippen LogP contribution in [0.1, 0.15) is 23.6 Å². The van der Waals surface area contributed by atoms with Crippen LogP contribution < -0.4 is 10.1 Å². The van der Waals surface area contributed by atoms with Gasteiger partial charge in [-0.3, -0.25) is 4.79 Å². The predicted molar refractivity (Wildman–Crippen MR) is 90.8 cm³/mol. The average molecular weight is 318 g/mol. The van der Waals surface area contributed by atoms with Crippen LogP contribution in [0.25, 0.3) is 0 Å². The zero-order valence-corrected chi connectivity index (χ0v) is 14.0. The van der Waals surface area contributed by atoms with E-state index < -0.39 is 6.10 Å². The van der Waals surface area contributed by atoms with Gasteiger partial charge >= 0.3 is 0 Å². The summed E-state index contributed by atoms with van der Waals surface area (Å²) in [6.45, 7) is 7.77. The Labute approximate surface area is 136 Å². The predicted octanol–water partition coefficient (Wildman–Crippen LogP) is 4.67. The second-order valence-electron chi connectivity index (χ2n) is 5.46. The van der Waals surface area contributed by atoms with Gasteiger partial charge in [0.15, 0.2) is 6.10 Å². The summed E-state index contributed by atoms with van der Waals surface area (Å²) in [5.74, 6) is 0.534. The number of nitrogens with one attached hydrogen (secondary N) is 1. The minimum atomic E-state index is -0.598. The molecular formula is C18H20ClNO2. The van der Waals surface area contributed by atoms with Crippen molar-refractivity contribution in [3.63, 3.8) is 0 Å². The maximum atomic E-state index is 12.2. The van der Waals surface area contributed by atoms with E-state index in [4.69, 9.17) is 16.3 Å². The van der Waals surface area contributed by atoms with E-state index in [0.717, 1.165) is 22.4 Å². The Morgan fingerprint density at radius 1 is 1.18 bits per heavy atom. The number of carbonyl (C=O) groups is 1. The molecule has 0 radical (unpaired) electrons. The highest BCUT2D eigenvalue weighted by Gasteiger charge is 2.16. The van der Waals surface area contributed by atoms with Crippen molar-refractivity contribution >= 4 is 23.2 Å². The molecule has 0 unspecified atom stereocenters. The normalized spacial score (nSPS) is 11.9. The van der Waals surface area contributed by atoms with Gasteiger partial charge in [0.05, 0.1) is 0 Å². The number of amides is 1. The zero-order valence-electron chi connectivity index (χ0n) is 13.2. The maximum absolute atomic E-state index is 12.2. The molecule has 22 heavy (non-hydrogen) atoms. The van der Waals surface area contributed by atoms with Crippen molar-refractivity contribution in [3.8, 4) is 5.75 Å². The largest absolute Gasteiger partial charge is 0.481 e. The van der Waals surface area contributed by atoms with Gasteiger partial charge in [0.2, 0.25) is 0 Å². The zero-order chi connectivity index (χ0) is 16.3. The molecule has 0 fully saturated rings. The lowest BCUT2D eigenvalue weighted by molar-refractivity contribution is -0.122. The molecule has 0 aromatic heterocycles. The molecular weight excluding hydrogens is 298 g/mol. The summed E-state index contributed by atoms with van der Waals surface area (Å²) in [7, 11) is 0. The summed E-state index contributed by atoms with van der Waals surface area (Å²) < 4.78 is 5.83. The molecule has 0 saturated heterocycles. The summed E-state index contributed by atoms with van der Waals surface area (Å²) in [5, 5.41) is 3.38. The van der Waals surface area contributed by atoms with E-state index in [2.05, 4.69) is 11.4 Å². The molecule has 116 valence electrons. The number of anilines is 1. The van der Waals surface area contributed by atoms with Crippen molar-refractivity contribution in [1.29, 1.82) is 0 Å². The summed E-state index contributed by atoms with van der Waals surface area (Å²) >= 11 is 5.91. The average Bonchev–Trinajstić information content (AvgIpc) is 2.44. The molecule has 2 rings (SSSR count). The number of ether oxygens (including phenoxy) is 1. The molecule has 2 aromatic carbocycles. The fraction of sp³-hybridized carbons (Fsp3) is 0.278. The third-order valence-corrected chi connectivity index (χ3v) is 3.76. The Bertz CT molecular complexity index is 697. The first-order chi connectivity index (χ1) is 10.4. The lowest BCUT2D eigenvalue weighted by Gasteiger charge is -2.18. The Morgan fingerprint density at radius 3 is 2.59 bits per heavy atom. The number of rotatable bonds is 4. The van der Waals surface area contributed by atoms with Gasteiger partial charge in [0, 0.05) is 10.7 Å². The van der Waals surface area contributed by atoms with Gasteiger partial charge in [-0.15, -0.1) is 0 Å². The van der Waals surface area contributed by atoms with Crippen molar-refractivity contribution < 1.29 is 9.53 Å². The Morgan fingerprint density at radius 2 is 1.91 bits per heavy atom. The van der Waals surface area contributed by atoms with Crippen LogP contribution in [0.5, 0.6) is 5.75 Å². The fourth-order valence-electron chi connectivity index (χ4n) is 2.18. The summed E-state index contributed by atoms with van der Waals surface area (Å²) in [6.07, 6.45) is -0.598. The molecule has 0 heterocycles. The first kappa shape index (κ1) is 16.4. The SMILES string of the molecule is Cc1cc(C)c(C)c(O[C@H](C)C(=O)Nc2cccc(Cl)c2)c1. The van der Waals surface area contributed by atoms with E-state index in [1.165, 1.54) is 0 Å². The van der Waals surface area contributed by atoms with E-state index in [1.54, 1.807) is 31.2 Å². The third kappa shape index (κ3) is 4.01. The Hall–Kier alpha value is -2.00. The molecule has 3 nitrogen and oxygen atoms in total. The number of hydrogen-bond acceptors (Lipinski definition) is 2. The van der Waals surface area contributed by atoms with Crippen molar-refractivity contribution in [2.75, 3.05) is 5.32 Å². The van der Waals surface area contributed by atoms with Crippen molar-refractivity contribution in [2.24, 2.45) is 0 Å². The summed E-state index contributed by atoms with van der Waals surface area (Å²) in [5.41, 5.74) is 3.97. The summed E-state index contributed by atoms with van der Waals surface area (Å²) in [6, 6.07) is 11.1. The first-order valence-electron chi connectivity index (χ1n) is 7.18. The van der Waals surface area contributed by atoms with Crippen LogP contribution in [-0.4, -0.2) is 12.0 Å². The lowest BCUT2D eigenvalue weighted by Crippen LogP contribution is -2.30. The van der Waals surface area contributed by atoms with Crippen molar-refractivity contribution in [3.05, 3.63) is 58.1 Å². The number of carbonyl (C=O) groups excluding carboxylic acids is 1. The van der Waals surface area contributed by atoms with Crippen LogP contribution in [0, 0.1) is 20.8 Å². The number of halogens is 1. The molecule has 0 bridgehead atoms. The van der Waals surface area contributed by atoms with Gasteiger partial charge in [-0.1, -0.05) is 23.7 Å². The van der Waals surface area contributed by atoms with E-state index >= 15 is 0 Å². The maximum Gasteiger partial charge on any atom is 0.265 e. The Balaban J connectivity index is 2.09. The molecule has 1 atom stereocenters. The molecule has 0 aliphatic carbocycles. The van der Waals surface area contributed by atoms with Gasteiger partial charge in [0.1, 0.15) is 5.75 Å². The third-order valence-electron chi connectivity index (χ3n) is 3.53. The van der Waals surface area contributed by atoms with E-state index in [0.29, 0.717) is 10.7 Å². The number of hydrogen-bond donors (Lipinski definition) is 1. The highest BCUT2D eigenvalue weighted by Crippen LogP contribution is 2.24. The van der Waals surface area contributed by atoms with Gasteiger partial charge in [-0.25, -0.2) is 0 Å². The molecule has 2 aromatic rings. The number of benzene rings is 2. The van der Waals surface area contributed by atoms with Crippen molar-refractivity contribution in [1.82, 2.24) is 0 Å².